The maximum atomic E-state index is 12.4. The zero-order valence-electron chi connectivity index (χ0n) is 19.1. The number of rotatable bonds is 6. The number of aromatic nitrogens is 3. The van der Waals surface area contributed by atoms with Crippen LogP contribution in [0.5, 0.6) is 5.75 Å². The third-order valence-corrected chi connectivity index (χ3v) is 6.43. The number of ether oxygens (including phenoxy) is 2. The molecule has 0 atom stereocenters. The van der Waals surface area contributed by atoms with Crippen molar-refractivity contribution in [3.63, 3.8) is 0 Å². The number of imidazole rings is 1. The lowest BCUT2D eigenvalue weighted by molar-refractivity contribution is 0.0844. The van der Waals surface area contributed by atoms with Crippen LogP contribution in [0.1, 0.15) is 32.1 Å². The van der Waals surface area contributed by atoms with Crippen molar-refractivity contribution in [3.05, 3.63) is 76.7 Å². The van der Waals surface area contributed by atoms with Crippen molar-refractivity contribution in [2.24, 2.45) is 0 Å². The van der Waals surface area contributed by atoms with Crippen LogP contribution < -0.4 is 20.5 Å². The number of thiazole rings is 1. The van der Waals surface area contributed by atoms with E-state index in [9.17, 15) is 9.59 Å². The molecule has 0 spiro atoms. The molecule has 4 heterocycles. The smallest absolute Gasteiger partial charge is 0.289 e. The van der Waals surface area contributed by atoms with Crippen molar-refractivity contribution in [1.82, 2.24) is 25.2 Å². The number of hydrazine groups is 1. The number of nitrogens with one attached hydrogen (secondary N) is 2. The Morgan fingerprint density at radius 3 is 2.63 bits per heavy atom. The molecular weight excluding hydrogens is 468 g/mol. The molecular formula is C24H24N6O4S. The van der Waals surface area contributed by atoms with Gasteiger partial charge in [-0.3, -0.25) is 20.4 Å². The maximum Gasteiger partial charge on any atom is 0.289 e. The Kier molecular flexibility index (Phi) is 6.59. The number of carbonyl (C=O) groups is 2. The lowest BCUT2D eigenvalue weighted by Crippen LogP contribution is -2.41. The number of aryl methyl sites for hydroxylation is 1. The van der Waals surface area contributed by atoms with E-state index in [1.54, 1.807) is 29.6 Å². The SMILES string of the molecule is Cc1cccn2cc(COc3ccc(C(=O)NNC(=O)c4csc(N5CCOCC5)n4)cc3)nc12. The highest BCUT2D eigenvalue weighted by Gasteiger charge is 2.18. The summed E-state index contributed by atoms with van der Waals surface area (Å²) in [7, 11) is 0. The minimum atomic E-state index is -0.475. The van der Waals surface area contributed by atoms with Gasteiger partial charge in [-0.25, -0.2) is 9.97 Å². The topological polar surface area (TPSA) is 110 Å². The Labute approximate surface area is 205 Å². The number of amides is 2. The number of hydrogen-bond acceptors (Lipinski definition) is 8. The summed E-state index contributed by atoms with van der Waals surface area (Å²) < 4.78 is 13.1. The third-order valence-electron chi connectivity index (χ3n) is 5.53. The Morgan fingerprint density at radius 2 is 1.86 bits per heavy atom. The summed E-state index contributed by atoms with van der Waals surface area (Å²) in [5.74, 6) is -0.307. The molecule has 1 aliphatic rings. The summed E-state index contributed by atoms with van der Waals surface area (Å²) in [6.07, 6.45) is 3.88. The van der Waals surface area contributed by atoms with Gasteiger partial charge in [0.05, 0.1) is 18.9 Å². The average molecular weight is 493 g/mol. The van der Waals surface area contributed by atoms with Crippen molar-refractivity contribution in [2.45, 2.75) is 13.5 Å². The van der Waals surface area contributed by atoms with E-state index in [2.05, 4.69) is 25.7 Å². The van der Waals surface area contributed by atoms with Gasteiger partial charge in [0, 0.05) is 36.4 Å². The van der Waals surface area contributed by atoms with Crippen LogP contribution in [0.2, 0.25) is 0 Å². The van der Waals surface area contributed by atoms with Crippen LogP contribution in [-0.4, -0.2) is 52.5 Å². The number of hydrogen-bond donors (Lipinski definition) is 2. The standard InChI is InChI=1S/C24H24N6O4S/c1-16-3-2-8-30-13-18(25-21(16)30)14-34-19-6-4-17(5-7-19)22(31)27-28-23(32)20-15-35-24(26-20)29-9-11-33-12-10-29/h2-8,13,15H,9-12,14H2,1H3,(H,27,31)(H,28,32). The molecule has 0 unspecified atom stereocenters. The molecule has 180 valence electrons. The van der Waals surface area contributed by atoms with Crippen LogP contribution in [0.4, 0.5) is 5.13 Å². The molecule has 10 nitrogen and oxygen atoms in total. The monoisotopic (exact) mass is 492 g/mol. The van der Waals surface area contributed by atoms with Crippen molar-refractivity contribution in [2.75, 3.05) is 31.2 Å². The number of morpholine rings is 1. The zero-order valence-corrected chi connectivity index (χ0v) is 19.9. The van der Waals surface area contributed by atoms with Gasteiger partial charge < -0.3 is 18.8 Å². The molecule has 0 radical (unpaired) electrons. The predicted molar refractivity (Wildman–Crippen MR) is 131 cm³/mol. The van der Waals surface area contributed by atoms with Gasteiger partial charge >= 0.3 is 0 Å². The van der Waals surface area contributed by atoms with Crippen molar-refractivity contribution in [3.8, 4) is 5.75 Å². The van der Waals surface area contributed by atoms with Gasteiger partial charge in [-0.15, -0.1) is 11.3 Å². The van der Waals surface area contributed by atoms with Crippen LogP contribution in [0.25, 0.3) is 5.65 Å². The van der Waals surface area contributed by atoms with E-state index in [1.165, 1.54) is 11.3 Å². The molecule has 11 heteroatoms. The van der Waals surface area contributed by atoms with Gasteiger partial charge in [-0.1, -0.05) is 6.07 Å². The Balaban J connectivity index is 1.12. The highest BCUT2D eigenvalue weighted by molar-refractivity contribution is 7.13. The molecule has 0 saturated carbocycles. The van der Waals surface area contributed by atoms with Gasteiger partial charge in [0.1, 0.15) is 23.7 Å². The van der Waals surface area contributed by atoms with E-state index in [4.69, 9.17) is 9.47 Å². The molecule has 35 heavy (non-hydrogen) atoms. The van der Waals surface area contributed by atoms with E-state index < -0.39 is 11.8 Å². The number of carbonyl (C=O) groups excluding carboxylic acids is 2. The second kappa shape index (κ2) is 10.1. The van der Waals surface area contributed by atoms with Crippen LogP contribution in [0.3, 0.4) is 0 Å². The number of nitrogens with zero attached hydrogens (tertiary/aromatic N) is 4. The number of fused-ring (bicyclic) bond motifs is 1. The molecule has 2 N–H and O–H groups in total. The molecule has 1 fully saturated rings. The van der Waals surface area contributed by atoms with E-state index in [0.717, 1.165) is 35.1 Å². The van der Waals surface area contributed by atoms with Crippen molar-refractivity contribution < 1.29 is 19.1 Å². The highest BCUT2D eigenvalue weighted by atomic mass is 32.1. The number of anilines is 1. The first-order chi connectivity index (χ1) is 17.1. The molecule has 1 aromatic carbocycles. The summed E-state index contributed by atoms with van der Waals surface area (Å²) >= 11 is 1.39. The lowest BCUT2D eigenvalue weighted by atomic mass is 10.2. The number of pyridine rings is 1. The highest BCUT2D eigenvalue weighted by Crippen LogP contribution is 2.21. The molecule has 3 aromatic heterocycles. The first-order valence-electron chi connectivity index (χ1n) is 11.1. The van der Waals surface area contributed by atoms with E-state index >= 15 is 0 Å². The zero-order chi connectivity index (χ0) is 24.2. The molecule has 0 aliphatic carbocycles. The second-order valence-electron chi connectivity index (χ2n) is 7.99. The molecule has 1 aliphatic heterocycles. The van der Waals surface area contributed by atoms with Crippen molar-refractivity contribution in [1.29, 1.82) is 0 Å². The summed E-state index contributed by atoms with van der Waals surface area (Å²) in [4.78, 5) is 35.8. The second-order valence-corrected chi connectivity index (χ2v) is 8.83. The first-order valence-corrected chi connectivity index (χ1v) is 12.0. The molecule has 0 bridgehead atoms. The van der Waals surface area contributed by atoms with Crippen LogP contribution in [-0.2, 0) is 11.3 Å². The first kappa shape index (κ1) is 22.8. The fraction of sp³-hybridized carbons (Fsp3) is 0.250. The van der Waals surface area contributed by atoms with Crippen LogP contribution >= 0.6 is 11.3 Å². The lowest BCUT2D eigenvalue weighted by Gasteiger charge is -2.25. The Morgan fingerprint density at radius 1 is 1.09 bits per heavy atom. The van der Waals surface area contributed by atoms with E-state index in [0.29, 0.717) is 31.1 Å². The van der Waals surface area contributed by atoms with Gasteiger partial charge in [-0.05, 0) is 42.8 Å². The summed E-state index contributed by atoms with van der Waals surface area (Å²) in [6.45, 7) is 5.08. The fourth-order valence-electron chi connectivity index (χ4n) is 3.65. The molecule has 1 saturated heterocycles. The predicted octanol–water partition coefficient (Wildman–Crippen LogP) is 2.59. The summed E-state index contributed by atoms with van der Waals surface area (Å²) in [5, 5.41) is 2.43. The molecule has 5 rings (SSSR count). The number of benzene rings is 1. The van der Waals surface area contributed by atoms with Gasteiger partial charge in [0.25, 0.3) is 11.8 Å². The third kappa shape index (κ3) is 5.26. The van der Waals surface area contributed by atoms with Crippen LogP contribution in [0.15, 0.2) is 54.2 Å². The summed E-state index contributed by atoms with van der Waals surface area (Å²) in [6, 6.07) is 10.6. The van der Waals surface area contributed by atoms with Crippen LogP contribution in [0, 0.1) is 6.92 Å². The minimum absolute atomic E-state index is 0.252. The Hall–Kier alpha value is -3.96. The minimum Gasteiger partial charge on any atom is -0.487 e. The van der Waals surface area contributed by atoms with Gasteiger partial charge in [0.15, 0.2) is 5.13 Å². The largest absolute Gasteiger partial charge is 0.487 e. The Bertz CT molecular complexity index is 1340. The van der Waals surface area contributed by atoms with Gasteiger partial charge in [-0.2, -0.15) is 0 Å². The molecule has 2 amide bonds. The summed E-state index contributed by atoms with van der Waals surface area (Å²) in [5.41, 5.74) is 8.27. The fourth-order valence-corrected chi connectivity index (χ4v) is 4.51. The quantitative estimate of drug-likeness (QED) is 0.398. The average Bonchev–Trinajstić information content (AvgIpc) is 3.55. The van der Waals surface area contributed by atoms with Crippen molar-refractivity contribution >= 4 is 33.9 Å². The van der Waals surface area contributed by atoms with Gasteiger partial charge in [0.2, 0.25) is 0 Å². The van der Waals surface area contributed by atoms with E-state index in [1.807, 2.05) is 35.9 Å². The molecule has 4 aromatic rings. The maximum absolute atomic E-state index is 12.4. The van der Waals surface area contributed by atoms with E-state index in [-0.39, 0.29) is 5.69 Å². The normalized spacial score (nSPS) is 13.6.